The quantitative estimate of drug-likeness (QED) is 0.452. The summed E-state index contributed by atoms with van der Waals surface area (Å²) >= 11 is 2.11. The molecule has 5 nitrogen and oxygen atoms in total. The maximum absolute atomic E-state index is 11.2. The van der Waals surface area contributed by atoms with Gasteiger partial charge in [-0.15, -0.1) is 0 Å². The van der Waals surface area contributed by atoms with Crippen molar-refractivity contribution >= 4 is 34.0 Å². The third-order valence-electron chi connectivity index (χ3n) is 3.92. The number of hydrogen-bond donors (Lipinski definition) is 0. The predicted octanol–water partition coefficient (Wildman–Crippen LogP) is 2.98. The van der Waals surface area contributed by atoms with Gasteiger partial charge in [0.1, 0.15) is 5.69 Å². The number of hydrogen-bond acceptors (Lipinski definition) is 4. The molecule has 1 aromatic carbocycles. The summed E-state index contributed by atoms with van der Waals surface area (Å²) in [6, 6.07) is 5.42. The molecule has 1 saturated heterocycles. The fourth-order valence-electron chi connectivity index (χ4n) is 2.70. The fraction of sp³-hybridized carbons (Fsp3) is 0.571. The second-order valence-corrected chi connectivity index (χ2v) is 6.76. The molecule has 20 heavy (non-hydrogen) atoms. The van der Waals surface area contributed by atoms with Crippen molar-refractivity contribution in [3.05, 3.63) is 31.9 Å². The second kappa shape index (κ2) is 6.71. The zero-order valence-electron chi connectivity index (χ0n) is 11.9. The smallest absolute Gasteiger partial charge is 0.293 e. The molecule has 0 atom stereocenters. The molecule has 0 bridgehead atoms. The van der Waals surface area contributed by atoms with Crippen molar-refractivity contribution in [1.82, 2.24) is 4.90 Å². The Kier molecular flexibility index (Phi) is 5.20. The number of halogens is 1. The molecule has 0 aliphatic carbocycles. The Morgan fingerprint density at radius 3 is 2.70 bits per heavy atom. The van der Waals surface area contributed by atoms with Crippen molar-refractivity contribution in [2.75, 3.05) is 38.6 Å². The summed E-state index contributed by atoms with van der Waals surface area (Å²) in [6.45, 7) is 3.12. The summed E-state index contributed by atoms with van der Waals surface area (Å²) in [7, 11) is 4.09. The summed E-state index contributed by atoms with van der Waals surface area (Å²) < 4.78 is 0.894. The van der Waals surface area contributed by atoms with Crippen LogP contribution in [-0.2, 0) is 0 Å². The zero-order chi connectivity index (χ0) is 14.7. The first kappa shape index (κ1) is 15.5. The van der Waals surface area contributed by atoms with E-state index in [2.05, 4.69) is 34.5 Å². The van der Waals surface area contributed by atoms with E-state index < -0.39 is 0 Å². The van der Waals surface area contributed by atoms with Crippen molar-refractivity contribution in [2.45, 2.75) is 12.8 Å². The highest BCUT2D eigenvalue weighted by Gasteiger charge is 2.22. The molecule has 2 rings (SSSR count). The lowest BCUT2D eigenvalue weighted by Gasteiger charge is -2.32. The maximum Gasteiger partial charge on any atom is 0.293 e. The summed E-state index contributed by atoms with van der Waals surface area (Å²) in [5.74, 6) is 0.620. The Morgan fingerprint density at radius 1 is 1.45 bits per heavy atom. The Hall–Kier alpha value is -0.890. The largest absolute Gasteiger partial charge is 0.369 e. The Balaban J connectivity index is 2.09. The average Bonchev–Trinajstić information content (AvgIpc) is 2.41. The molecule has 1 aliphatic heterocycles. The molecule has 0 N–H and O–H groups in total. The van der Waals surface area contributed by atoms with Gasteiger partial charge < -0.3 is 9.80 Å². The van der Waals surface area contributed by atoms with Crippen LogP contribution in [0.2, 0.25) is 0 Å². The first-order chi connectivity index (χ1) is 9.47. The molecular formula is C14H20IN3O2. The number of piperidine rings is 1. The van der Waals surface area contributed by atoms with Gasteiger partial charge in [0.05, 0.1) is 4.92 Å². The number of anilines is 1. The van der Waals surface area contributed by atoms with Crippen LogP contribution in [-0.4, -0.2) is 43.6 Å². The number of nitrogens with zero attached hydrogens (tertiary/aromatic N) is 3. The van der Waals surface area contributed by atoms with Crippen LogP contribution in [0.5, 0.6) is 0 Å². The van der Waals surface area contributed by atoms with Gasteiger partial charge in [0, 0.05) is 23.2 Å². The SMILES string of the molecule is CN1CCC(CN(C)c2ccc(I)cc2[N+](=O)[O-])CC1. The van der Waals surface area contributed by atoms with Crippen molar-refractivity contribution in [2.24, 2.45) is 5.92 Å². The molecule has 0 spiro atoms. The molecule has 0 saturated carbocycles. The van der Waals surface area contributed by atoms with Gasteiger partial charge in [0.25, 0.3) is 5.69 Å². The monoisotopic (exact) mass is 389 g/mol. The van der Waals surface area contributed by atoms with Crippen LogP contribution in [0.4, 0.5) is 11.4 Å². The topological polar surface area (TPSA) is 49.6 Å². The molecule has 1 aliphatic rings. The molecule has 0 aromatic heterocycles. The molecule has 1 aromatic rings. The lowest BCUT2D eigenvalue weighted by Crippen LogP contribution is -2.35. The minimum atomic E-state index is -0.289. The standard InChI is InChI=1S/C14H20IN3O2/c1-16-7-5-11(6-8-16)10-17(2)13-4-3-12(15)9-14(13)18(19)20/h3-4,9,11H,5-8,10H2,1-2H3. The van der Waals surface area contributed by atoms with Gasteiger partial charge in [-0.25, -0.2) is 0 Å². The van der Waals surface area contributed by atoms with E-state index in [1.165, 1.54) is 12.8 Å². The third kappa shape index (κ3) is 3.82. The van der Waals surface area contributed by atoms with E-state index in [1.54, 1.807) is 6.07 Å². The Bertz CT molecular complexity index is 487. The first-order valence-electron chi connectivity index (χ1n) is 6.81. The fourth-order valence-corrected chi connectivity index (χ4v) is 3.17. The molecule has 0 unspecified atom stereocenters. The highest BCUT2D eigenvalue weighted by molar-refractivity contribution is 14.1. The second-order valence-electron chi connectivity index (χ2n) is 5.52. The minimum absolute atomic E-state index is 0.201. The van der Waals surface area contributed by atoms with Gasteiger partial charge in [-0.1, -0.05) is 0 Å². The van der Waals surface area contributed by atoms with Crippen LogP contribution < -0.4 is 4.90 Å². The molecular weight excluding hydrogens is 369 g/mol. The average molecular weight is 389 g/mol. The van der Waals surface area contributed by atoms with Crippen LogP contribution in [0, 0.1) is 19.6 Å². The lowest BCUT2D eigenvalue weighted by molar-refractivity contribution is -0.384. The summed E-state index contributed by atoms with van der Waals surface area (Å²) in [5.41, 5.74) is 0.918. The minimum Gasteiger partial charge on any atom is -0.369 e. The first-order valence-corrected chi connectivity index (χ1v) is 7.89. The van der Waals surface area contributed by atoms with Gasteiger partial charge in [-0.05, 0) is 73.6 Å². The lowest BCUT2D eigenvalue weighted by atomic mass is 9.96. The Morgan fingerprint density at radius 2 is 2.10 bits per heavy atom. The summed E-state index contributed by atoms with van der Waals surface area (Å²) in [6.07, 6.45) is 2.33. The van der Waals surface area contributed by atoms with Crippen molar-refractivity contribution in [3.8, 4) is 0 Å². The van der Waals surface area contributed by atoms with Crippen LogP contribution in [0.1, 0.15) is 12.8 Å². The normalized spacial score (nSPS) is 17.1. The van der Waals surface area contributed by atoms with E-state index in [0.717, 1.165) is 23.2 Å². The molecule has 6 heteroatoms. The van der Waals surface area contributed by atoms with Crippen molar-refractivity contribution in [3.63, 3.8) is 0 Å². The highest BCUT2D eigenvalue weighted by atomic mass is 127. The predicted molar refractivity (Wildman–Crippen MR) is 89.3 cm³/mol. The van der Waals surface area contributed by atoms with Crippen LogP contribution in [0.3, 0.4) is 0 Å². The number of likely N-dealkylation sites (tertiary alicyclic amines) is 1. The Labute approximate surface area is 133 Å². The number of nitro benzene ring substituents is 1. The van der Waals surface area contributed by atoms with E-state index >= 15 is 0 Å². The van der Waals surface area contributed by atoms with Crippen molar-refractivity contribution in [1.29, 1.82) is 0 Å². The van der Waals surface area contributed by atoms with E-state index in [0.29, 0.717) is 11.6 Å². The third-order valence-corrected chi connectivity index (χ3v) is 4.59. The molecule has 0 amide bonds. The zero-order valence-corrected chi connectivity index (χ0v) is 14.0. The van der Waals surface area contributed by atoms with Crippen molar-refractivity contribution < 1.29 is 4.92 Å². The number of benzene rings is 1. The summed E-state index contributed by atoms with van der Waals surface area (Å²) in [5, 5.41) is 11.2. The van der Waals surface area contributed by atoms with Crippen LogP contribution in [0.25, 0.3) is 0 Å². The van der Waals surface area contributed by atoms with E-state index in [4.69, 9.17) is 0 Å². The highest BCUT2D eigenvalue weighted by Crippen LogP contribution is 2.30. The van der Waals surface area contributed by atoms with Gasteiger partial charge in [-0.2, -0.15) is 0 Å². The summed E-state index contributed by atoms with van der Waals surface area (Å²) in [4.78, 5) is 15.3. The van der Waals surface area contributed by atoms with Gasteiger partial charge in [-0.3, -0.25) is 10.1 Å². The van der Waals surface area contributed by atoms with Gasteiger partial charge >= 0.3 is 0 Å². The van der Waals surface area contributed by atoms with E-state index in [-0.39, 0.29) is 10.6 Å². The van der Waals surface area contributed by atoms with Crippen LogP contribution >= 0.6 is 22.6 Å². The number of rotatable bonds is 4. The van der Waals surface area contributed by atoms with Gasteiger partial charge in [0.2, 0.25) is 0 Å². The molecule has 110 valence electrons. The molecule has 1 fully saturated rings. The van der Waals surface area contributed by atoms with E-state index in [9.17, 15) is 10.1 Å². The molecule has 0 radical (unpaired) electrons. The van der Waals surface area contributed by atoms with Gasteiger partial charge in [0.15, 0.2) is 0 Å². The number of nitro groups is 1. The molecule has 1 heterocycles. The van der Waals surface area contributed by atoms with E-state index in [1.807, 2.05) is 24.1 Å². The maximum atomic E-state index is 11.2. The van der Waals surface area contributed by atoms with Crippen LogP contribution in [0.15, 0.2) is 18.2 Å².